The SMILES string of the molecule is CCCc1ccc2c(N)c(C(=O)Nc3nnc(SCC)s3)sc2n1. The number of nitrogen functional groups attached to an aromatic ring is 1. The molecule has 0 radical (unpaired) electrons. The molecule has 24 heavy (non-hydrogen) atoms. The molecule has 1 amide bonds. The fourth-order valence-electron chi connectivity index (χ4n) is 2.20. The molecule has 3 aromatic rings. The molecule has 0 saturated carbocycles. The summed E-state index contributed by atoms with van der Waals surface area (Å²) < 4.78 is 0.836. The van der Waals surface area contributed by atoms with E-state index in [1.165, 1.54) is 22.7 Å². The molecule has 0 spiro atoms. The van der Waals surface area contributed by atoms with Crippen LogP contribution in [-0.2, 0) is 6.42 Å². The van der Waals surface area contributed by atoms with E-state index in [9.17, 15) is 4.79 Å². The normalized spacial score (nSPS) is 11.1. The molecule has 3 rings (SSSR count). The predicted octanol–water partition coefficient (Wildman–Crippen LogP) is 4.05. The Balaban J connectivity index is 1.84. The average molecular weight is 380 g/mol. The highest BCUT2D eigenvalue weighted by Crippen LogP contribution is 2.34. The van der Waals surface area contributed by atoms with Crippen molar-refractivity contribution in [2.24, 2.45) is 0 Å². The molecule has 0 saturated heterocycles. The second kappa shape index (κ2) is 7.45. The van der Waals surface area contributed by atoms with Crippen LogP contribution in [0.15, 0.2) is 16.5 Å². The third kappa shape index (κ3) is 3.52. The fourth-order valence-corrected chi connectivity index (χ4v) is 4.85. The summed E-state index contributed by atoms with van der Waals surface area (Å²) in [5.41, 5.74) is 7.63. The van der Waals surface area contributed by atoms with E-state index < -0.39 is 0 Å². The van der Waals surface area contributed by atoms with Crippen molar-refractivity contribution >= 4 is 61.4 Å². The number of anilines is 2. The minimum atomic E-state index is -0.267. The molecule has 0 aliphatic heterocycles. The van der Waals surface area contributed by atoms with Crippen molar-refractivity contribution in [1.82, 2.24) is 15.2 Å². The number of aryl methyl sites for hydroxylation is 1. The van der Waals surface area contributed by atoms with Crippen molar-refractivity contribution in [2.45, 2.75) is 31.0 Å². The second-order valence-corrected chi connectivity index (χ2v) is 8.50. The van der Waals surface area contributed by atoms with Crippen LogP contribution >= 0.6 is 34.4 Å². The third-order valence-corrected chi connectivity index (χ3v) is 6.23. The number of nitrogens with zero attached hydrogens (tertiary/aromatic N) is 3. The Bertz CT molecular complexity index is 873. The van der Waals surface area contributed by atoms with Gasteiger partial charge in [-0.15, -0.1) is 21.5 Å². The predicted molar refractivity (Wildman–Crippen MR) is 102 cm³/mol. The van der Waals surface area contributed by atoms with E-state index in [1.807, 2.05) is 19.1 Å². The van der Waals surface area contributed by atoms with Crippen LogP contribution < -0.4 is 11.1 Å². The molecule has 3 aromatic heterocycles. The minimum Gasteiger partial charge on any atom is -0.397 e. The molecule has 0 unspecified atom stereocenters. The van der Waals surface area contributed by atoms with Crippen LogP contribution in [0.3, 0.4) is 0 Å². The molecule has 0 aliphatic carbocycles. The largest absolute Gasteiger partial charge is 0.397 e. The topological polar surface area (TPSA) is 93.8 Å². The maximum Gasteiger partial charge on any atom is 0.269 e. The summed E-state index contributed by atoms with van der Waals surface area (Å²) in [7, 11) is 0. The molecular formula is C15H17N5OS3. The van der Waals surface area contributed by atoms with Gasteiger partial charge in [-0.3, -0.25) is 10.1 Å². The van der Waals surface area contributed by atoms with Crippen molar-refractivity contribution < 1.29 is 4.79 Å². The van der Waals surface area contributed by atoms with Gasteiger partial charge in [0.2, 0.25) is 5.13 Å². The maximum atomic E-state index is 12.5. The smallest absolute Gasteiger partial charge is 0.269 e. The first-order valence-corrected chi connectivity index (χ1v) is 10.2. The van der Waals surface area contributed by atoms with Crippen molar-refractivity contribution in [1.29, 1.82) is 0 Å². The van der Waals surface area contributed by atoms with Gasteiger partial charge >= 0.3 is 0 Å². The van der Waals surface area contributed by atoms with Gasteiger partial charge in [0, 0.05) is 11.1 Å². The summed E-state index contributed by atoms with van der Waals surface area (Å²) in [5.74, 6) is 0.647. The molecule has 0 fully saturated rings. The Morgan fingerprint density at radius 2 is 2.12 bits per heavy atom. The van der Waals surface area contributed by atoms with Crippen LogP contribution in [0.5, 0.6) is 0 Å². The number of hydrogen-bond donors (Lipinski definition) is 2. The monoisotopic (exact) mass is 379 g/mol. The number of rotatable bonds is 6. The van der Waals surface area contributed by atoms with E-state index >= 15 is 0 Å². The highest BCUT2D eigenvalue weighted by molar-refractivity contribution is 8.01. The molecule has 9 heteroatoms. The van der Waals surface area contributed by atoms with Crippen LogP contribution in [0, 0.1) is 0 Å². The highest BCUT2D eigenvalue weighted by atomic mass is 32.2. The first-order valence-electron chi connectivity index (χ1n) is 7.57. The van der Waals surface area contributed by atoms with Crippen LogP contribution in [0.4, 0.5) is 10.8 Å². The molecule has 3 heterocycles. The Hall–Kier alpha value is -1.71. The lowest BCUT2D eigenvalue weighted by molar-refractivity contribution is 0.103. The van der Waals surface area contributed by atoms with Crippen LogP contribution in [0.25, 0.3) is 10.2 Å². The van der Waals surface area contributed by atoms with E-state index in [0.29, 0.717) is 15.7 Å². The number of carbonyl (C=O) groups excluding carboxylic acids is 1. The van der Waals surface area contributed by atoms with Gasteiger partial charge in [0.25, 0.3) is 5.91 Å². The molecule has 0 aromatic carbocycles. The quantitative estimate of drug-likeness (QED) is 0.496. The molecule has 3 N–H and O–H groups in total. The van der Waals surface area contributed by atoms with Crippen molar-refractivity contribution in [3.05, 3.63) is 22.7 Å². The maximum absolute atomic E-state index is 12.5. The summed E-state index contributed by atoms with van der Waals surface area (Å²) in [5, 5.41) is 12.1. The van der Waals surface area contributed by atoms with Gasteiger partial charge in [-0.25, -0.2) is 4.98 Å². The first-order chi connectivity index (χ1) is 11.6. The fraction of sp³-hybridized carbons (Fsp3) is 0.333. The lowest BCUT2D eigenvalue weighted by atomic mass is 10.2. The molecule has 6 nitrogen and oxygen atoms in total. The van der Waals surface area contributed by atoms with Gasteiger partial charge in [0.05, 0.1) is 5.69 Å². The minimum absolute atomic E-state index is 0.267. The van der Waals surface area contributed by atoms with Gasteiger partial charge in [-0.1, -0.05) is 43.4 Å². The molecule has 0 bridgehead atoms. The Labute approximate surface area is 151 Å². The summed E-state index contributed by atoms with van der Waals surface area (Å²) in [6.07, 6.45) is 1.94. The van der Waals surface area contributed by atoms with Crippen LogP contribution in [0.1, 0.15) is 35.6 Å². The van der Waals surface area contributed by atoms with E-state index in [4.69, 9.17) is 5.73 Å². The van der Waals surface area contributed by atoms with Crippen LogP contribution in [-0.4, -0.2) is 26.8 Å². The van der Waals surface area contributed by atoms with Crippen LogP contribution in [0.2, 0.25) is 0 Å². The lowest BCUT2D eigenvalue weighted by Gasteiger charge is -1.99. The third-order valence-electron chi connectivity index (χ3n) is 3.26. The molecular weight excluding hydrogens is 362 g/mol. The number of carbonyl (C=O) groups is 1. The summed E-state index contributed by atoms with van der Waals surface area (Å²) in [6, 6.07) is 3.91. The summed E-state index contributed by atoms with van der Waals surface area (Å²) >= 11 is 4.26. The summed E-state index contributed by atoms with van der Waals surface area (Å²) in [6.45, 7) is 4.16. The lowest BCUT2D eigenvalue weighted by Crippen LogP contribution is -2.11. The van der Waals surface area contributed by atoms with E-state index in [1.54, 1.807) is 11.8 Å². The Morgan fingerprint density at radius 3 is 2.88 bits per heavy atom. The van der Waals surface area contributed by atoms with Gasteiger partial charge in [-0.05, 0) is 24.3 Å². The zero-order valence-corrected chi connectivity index (χ0v) is 15.8. The zero-order chi connectivity index (χ0) is 17.1. The average Bonchev–Trinajstić information content (AvgIpc) is 3.13. The number of aromatic nitrogens is 3. The molecule has 0 aliphatic rings. The van der Waals surface area contributed by atoms with E-state index in [-0.39, 0.29) is 5.91 Å². The van der Waals surface area contributed by atoms with Gasteiger partial charge in [0.15, 0.2) is 4.34 Å². The number of thioether (sulfide) groups is 1. The van der Waals surface area contributed by atoms with Crippen molar-refractivity contribution in [2.75, 3.05) is 16.8 Å². The first kappa shape index (κ1) is 17.1. The number of pyridine rings is 1. The molecule has 126 valence electrons. The highest BCUT2D eigenvalue weighted by Gasteiger charge is 2.19. The number of thiophene rings is 1. The standard InChI is InChI=1S/C15H17N5OS3/c1-3-5-8-6-7-9-10(16)11(23-13(9)17-8)12(21)18-14-19-20-15(24-14)22-4-2/h6-7H,3-5,16H2,1-2H3,(H,18,19,21). The van der Waals surface area contributed by atoms with Crippen molar-refractivity contribution in [3.8, 4) is 0 Å². The Kier molecular flexibility index (Phi) is 5.32. The van der Waals surface area contributed by atoms with Gasteiger partial charge in [-0.2, -0.15) is 0 Å². The number of hydrogen-bond acceptors (Lipinski definition) is 8. The zero-order valence-electron chi connectivity index (χ0n) is 13.3. The van der Waals surface area contributed by atoms with Gasteiger partial charge in [0.1, 0.15) is 9.71 Å². The number of nitrogens with two attached hydrogens (primary N) is 1. The van der Waals surface area contributed by atoms with Crippen molar-refractivity contribution in [3.63, 3.8) is 0 Å². The summed E-state index contributed by atoms with van der Waals surface area (Å²) in [4.78, 5) is 18.4. The number of nitrogens with one attached hydrogen (secondary N) is 1. The Morgan fingerprint density at radius 1 is 1.29 bits per heavy atom. The second-order valence-electron chi connectivity index (χ2n) is 5.01. The van der Waals surface area contributed by atoms with E-state index in [0.717, 1.165) is 38.8 Å². The molecule has 0 atom stereocenters. The number of amides is 1. The number of fused-ring (bicyclic) bond motifs is 1. The van der Waals surface area contributed by atoms with Gasteiger partial charge < -0.3 is 5.73 Å². The van der Waals surface area contributed by atoms with E-state index in [2.05, 4.69) is 27.4 Å².